The van der Waals surface area contributed by atoms with Crippen molar-refractivity contribution in [3.8, 4) is 5.75 Å². The van der Waals surface area contributed by atoms with E-state index in [1.165, 1.54) is 12.1 Å². The van der Waals surface area contributed by atoms with Gasteiger partial charge in [-0.05, 0) is 44.2 Å². The van der Waals surface area contributed by atoms with Crippen LogP contribution in [0, 0.1) is 6.92 Å². The van der Waals surface area contributed by atoms with E-state index in [4.69, 9.17) is 16.1 Å². The van der Waals surface area contributed by atoms with Crippen molar-refractivity contribution in [1.29, 1.82) is 0 Å². The molecule has 0 radical (unpaired) electrons. The van der Waals surface area contributed by atoms with E-state index in [0.29, 0.717) is 16.3 Å². The first-order valence-corrected chi connectivity index (χ1v) is 10.0. The predicted molar refractivity (Wildman–Crippen MR) is 89.7 cm³/mol. The van der Waals surface area contributed by atoms with E-state index >= 15 is 0 Å². The predicted octanol–water partition coefficient (Wildman–Crippen LogP) is 4.18. The van der Waals surface area contributed by atoms with Gasteiger partial charge in [0, 0.05) is 10.6 Å². The van der Waals surface area contributed by atoms with Crippen LogP contribution in [0.1, 0.15) is 24.1 Å². The molecular weight excluding hydrogens is 357 g/mol. The zero-order valence-electron chi connectivity index (χ0n) is 12.5. The van der Waals surface area contributed by atoms with E-state index in [1.54, 1.807) is 37.3 Å². The van der Waals surface area contributed by atoms with Crippen molar-refractivity contribution in [3.05, 3.63) is 58.6 Å². The highest BCUT2D eigenvalue weighted by molar-refractivity contribution is 7.93. The Kier molecular flexibility index (Phi) is 4.27. The summed E-state index contributed by atoms with van der Waals surface area (Å²) in [6, 6.07) is 10.6. The number of hydrogen-bond donors (Lipinski definition) is 0. The van der Waals surface area contributed by atoms with E-state index in [1.807, 2.05) is 6.92 Å². The minimum Gasteiger partial charge on any atom is -0.433 e. The maximum atomic E-state index is 12.9. The van der Waals surface area contributed by atoms with Crippen LogP contribution < -0.4 is 4.52 Å². The summed E-state index contributed by atoms with van der Waals surface area (Å²) in [7, 11) is -6.90. The third-order valence-corrected chi connectivity index (χ3v) is 7.98. The Labute approximate surface area is 140 Å². The molecule has 0 amide bonds. The van der Waals surface area contributed by atoms with Crippen LogP contribution in [0.2, 0.25) is 5.02 Å². The zero-order chi connectivity index (χ0) is 16.8. The molecule has 0 saturated heterocycles. The van der Waals surface area contributed by atoms with E-state index < -0.39 is 24.2 Å². The van der Waals surface area contributed by atoms with Crippen molar-refractivity contribution in [1.82, 2.24) is 4.08 Å². The number of fused-ring (bicyclic) bond motifs is 1. The Bertz CT molecular complexity index is 883. The smallest absolute Gasteiger partial charge is 0.322 e. The minimum absolute atomic E-state index is 0.0855. The molecule has 2 aromatic carbocycles. The summed E-state index contributed by atoms with van der Waals surface area (Å²) in [5, 5.41) is 0.466. The SMILES string of the molecule is Cc1ccc(S(=O)(=O)N2C(C)c3cc(Cl)ccc3O[PH]2=O)cc1. The lowest BCUT2D eigenvalue weighted by Crippen LogP contribution is -2.31. The Morgan fingerprint density at radius 1 is 1.17 bits per heavy atom. The molecule has 0 bridgehead atoms. The molecule has 1 aliphatic rings. The molecule has 122 valence electrons. The van der Waals surface area contributed by atoms with Crippen molar-refractivity contribution in [2.45, 2.75) is 24.8 Å². The monoisotopic (exact) mass is 371 g/mol. The van der Waals surface area contributed by atoms with Gasteiger partial charge >= 0.3 is 8.18 Å². The van der Waals surface area contributed by atoms with Gasteiger partial charge < -0.3 is 4.52 Å². The van der Waals surface area contributed by atoms with Crippen molar-refractivity contribution in [3.63, 3.8) is 0 Å². The minimum atomic E-state index is -3.93. The standard InChI is InChI=1S/C15H15ClNO4PS/c1-10-3-6-13(7-4-10)23(19,20)17-11(2)14-9-12(16)5-8-15(14)21-22(17)18/h3-9,11,22H,1-2H3. The van der Waals surface area contributed by atoms with Crippen molar-refractivity contribution in [2.24, 2.45) is 0 Å². The highest BCUT2D eigenvalue weighted by atomic mass is 35.5. The molecular formula is C15H15ClNO4PS. The van der Waals surface area contributed by atoms with Crippen LogP contribution in [-0.2, 0) is 14.6 Å². The Hall–Kier alpha value is -1.33. The Morgan fingerprint density at radius 3 is 2.48 bits per heavy atom. The molecule has 3 rings (SSSR count). The number of aryl methyl sites for hydroxylation is 1. The molecule has 1 aliphatic heterocycles. The maximum absolute atomic E-state index is 12.9. The van der Waals surface area contributed by atoms with Crippen LogP contribution >= 0.6 is 19.8 Å². The third-order valence-electron chi connectivity index (χ3n) is 3.73. The lowest BCUT2D eigenvalue weighted by Gasteiger charge is -2.33. The number of halogens is 1. The van der Waals surface area contributed by atoms with Crippen LogP contribution in [0.15, 0.2) is 47.4 Å². The molecule has 0 spiro atoms. The second-order valence-electron chi connectivity index (χ2n) is 5.34. The molecule has 0 aromatic heterocycles. The fourth-order valence-corrected chi connectivity index (χ4v) is 6.04. The molecule has 0 N–H and O–H groups in total. The van der Waals surface area contributed by atoms with E-state index in [9.17, 15) is 13.0 Å². The molecule has 0 fully saturated rings. The van der Waals surface area contributed by atoms with Gasteiger partial charge in [0.1, 0.15) is 5.75 Å². The van der Waals surface area contributed by atoms with Gasteiger partial charge in [0.25, 0.3) is 10.0 Å². The van der Waals surface area contributed by atoms with Gasteiger partial charge in [0.05, 0.1) is 10.9 Å². The largest absolute Gasteiger partial charge is 0.433 e. The summed E-state index contributed by atoms with van der Waals surface area (Å²) in [6.45, 7) is 3.54. The number of nitrogens with zero attached hydrogens (tertiary/aromatic N) is 1. The van der Waals surface area contributed by atoms with Crippen LogP contribution in [-0.4, -0.2) is 12.5 Å². The first kappa shape index (κ1) is 16.5. The quantitative estimate of drug-likeness (QED) is 0.743. The number of hydrogen-bond acceptors (Lipinski definition) is 4. The molecule has 0 saturated carbocycles. The summed E-state index contributed by atoms with van der Waals surface area (Å²) in [5.74, 6) is 0.404. The van der Waals surface area contributed by atoms with Crippen LogP contribution in [0.5, 0.6) is 5.75 Å². The average Bonchev–Trinajstić information content (AvgIpc) is 2.48. The topological polar surface area (TPSA) is 63.7 Å². The van der Waals surface area contributed by atoms with Gasteiger partial charge in [-0.1, -0.05) is 29.3 Å². The Balaban J connectivity index is 2.09. The lowest BCUT2D eigenvalue weighted by molar-refractivity contribution is 0.376. The summed E-state index contributed by atoms with van der Waals surface area (Å²) in [4.78, 5) is 0.0855. The molecule has 8 heteroatoms. The second kappa shape index (κ2) is 5.95. The summed E-state index contributed by atoms with van der Waals surface area (Å²) in [6.07, 6.45) is 0. The average molecular weight is 372 g/mol. The van der Waals surface area contributed by atoms with Crippen molar-refractivity contribution >= 4 is 29.8 Å². The molecule has 2 atom stereocenters. The third kappa shape index (κ3) is 2.92. The van der Waals surface area contributed by atoms with Crippen LogP contribution in [0.4, 0.5) is 0 Å². The molecule has 5 nitrogen and oxygen atoms in total. The molecule has 2 unspecified atom stereocenters. The number of rotatable bonds is 2. The van der Waals surface area contributed by atoms with Gasteiger partial charge in [-0.15, -0.1) is 4.08 Å². The first-order chi connectivity index (χ1) is 10.8. The number of benzene rings is 2. The fourth-order valence-electron chi connectivity index (χ4n) is 2.49. The molecule has 0 aliphatic carbocycles. The van der Waals surface area contributed by atoms with Crippen molar-refractivity contribution in [2.75, 3.05) is 0 Å². The van der Waals surface area contributed by atoms with Gasteiger partial charge in [0.2, 0.25) is 0 Å². The van der Waals surface area contributed by atoms with Gasteiger partial charge in [-0.2, -0.15) is 0 Å². The summed E-state index contributed by atoms with van der Waals surface area (Å²) in [5.41, 5.74) is 1.54. The summed E-state index contributed by atoms with van der Waals surface area (Å²) >= 11 is 5.98. The van der Waals surface area contributed by atoms with E-state index in [0.717, 1.165) is 9.64 Å². The van der Waals surface area contributed by atoms with Crippen LogP contribution in [0.3, 0.4) is 0 Å². The van der Waals surface area contributed by atoms with Crippen molar-refractivity contribution < 1.29 is 17.5 Å². The van der Waals surface area contributed by atoms with Gasteiger partial charge in [0.15, 0.2) is 0 Å². The van der Waals surface area contributed by atoms with E-state index in [-0.39, 0.29) is 4.90 Å². The highest BCUT2D eigenvalue weighted by Gasteiger charge is 2.40. The van der Waals surface area contributed by atoms with E-state index in [2.05, 4.69) is 0 Å². The molecule has 1 heterocycles. The highest BCUT2D eigenvalue weighted by Crippen LogP contribution is 2.50. The van der Waals surface area contributed by atoms with Gasteiger partial charge in [-0.25, -0.2) is 8.42 Å². The molecule has 23 heavy (non-hydrogen) atoms. The first-order valence-electron chi connectivity index (χ1n) is 6.93. The lowest BCUT2D eigenvalue weighted by atomic mass is 10.1. The molecule has 2 aromatic rings. The fraction of sp³-hybridized carbons (Fsp3) is 0.200. The zero-order valence-corrected chi connectivity index (χ0v) is 15.1. The number of sulfonamides is 1. The Morgan fingerprint density at radius 2 is 1.83 bits per heavy atom. The second-order valence-corrected chi connectivity index (χ2v) is 9.13. The van der Waals surface area contributed by atoms with Crippen LogP contribution in [0.25, 0.3) is 0 Å². The maximum Gasteiger partial charge on any atom is 0.322 e. The van der Waals surface area contributed by atoms with Gasteiger partial charge in [-0.3, -0.25) is 4.57 Å². The summed E-state index contributed by atoms with van der Waals surface area (Å²) < 4.78 is 44.4. The normalized spacial score (nSPS) is 21.5.